The number of hydrogen-bond acceptors (Lipinski definition) is 6. The van der Waals surface area contributed by atoms with Gasteiger partial charge in [-0.2, -0.15) is 0 Å². The fraction of sp³-hybridized carbons (Fsp3) is 0.565. The Morgan fingerprint density at radius 3 is 2.77 bits per heavy atom. The maximum Gasteiger partial charge on any atom is 0.119 e. The number of rotatable bonds is 8. The lowest BCUT2D eigenvalue weighted by Gasteiger charge is -2.46. The molecule has 1 fully saturated rings. The maximum absolute atomic E-state index is 6.45. The fourth-order valence-corrected chi connectivity index (χ4v) is 6.00. The van der Waals surface area contributed by atoms with Crippen LogP contribution in [0.15, 0.2) is 30.3 Å². The number of halogens is 1. The lowest BCUT2D eigenvalue weighted by Crippen LogP contribution is -2.49. The van der Waals surface area contributed by atoms with Gasteiger partial charge in [0.15, 0.2) is 0 Å². The van der Waals surface area contributed by atoms with Gasteiger partial charge in [0.1, 0.15) is 18.0 Å². The van der Waals surface area contributed by atoms with Gasteiger partial charge >= 0.3 is 0 Å². The molecule has 0 saturated carbocycles. The Morgan fingerprint density at radius 1 is 1.17 bits per heavy atom. The topological polar surface area (TPSA) is 49.0 Å². The van der Waals surface area contributed by atoms with Gasteiger partial charge in [-0.05, 0) is 49.1 Å². The first-order valence-electron chi connectivity index (χ1n) is 10.6. The van der Waals surface area contributed by atoms with Crippen molar-refractivity contribution in [3.05, 3.63) is 50.7 Å². The number of fused-ring (bicyclic) bond motifs is 2. The molecule has 4 rings (SSSR count). The van der Waals surface area contributed by atoms with Crippen molar-refractivity contribution in [1.82, 2.24) is 5.32 Å². The quantitative estimate of drug-likeness (QED) is 0.588. The first-order valence-corrected chi connectivity index (χ1v) is 11.8. The third-order valence-corrected chi connectivity index (χ3v) is 7.30. The van der Waals surface area contributed by atoms with E-state index in [0.29, 0.717) is 32.5 Å². The van der Waals surface area contributed by atoms with Crippen LogP contribution in [0.4, 0.5) is 0 Å². The van der Waals surface area contributed by atoms with Crippen molar-refractivity contribution in [2.75, 3.05) is 40.1 Å². The van der Waals surface area contributed by atoms with E-state index in [1.807, 2.05) is 12.1 Å². The Hall–Kier alpha value is -1.15. The van der Waals surface area contributed by atoms with Crippen LogP contribution in [-0.2, 0) is 26.2 Å². The minimum atomic E-state index is -0.241. The van der Waals surface area contributed by atoms with E-state index < -0.39 is 0 Å². The molecule has 2 aliphatic heterocycles. The highest BCUT2D eigenvalue weighted by Gasteiger charge is 2.46. The predicted molar refractivity (Wildman–Crippen MR) is 120 cm³/mol. The molecule has 7 heteroatoms. The summed E-state index contributed by atoms with van der Waals surface area (Å²) in [6.45, 7) is 5.27. The Balaban J connectivity index is 1.41. The van der Waals surface area contributed by atoms with E-state index in [-0.39, 0.29) is 11.6 Å². The summed E-state index contributed by atoms with van der Waals surface area (Å²) in [6.07, 6.45) is 2.83. The molecular weight excluding hydrogens is 422 g/mol. The molecule has 0 amide bonds. The van der Waals surface area contributed by atoms with Gasteiger partial charge in [-0.25, -0.2) is 0 Å². The second-order valence-corrected chi connectivity index (χ2v) is 9.73. The highest BCUT2D eigenvalue weighted by molar-refractivity contribution is 7.16. The van der Waals surface area contributed by atoms with Gasteiger partial charge in [-0.1, -0.05) is 23.7 Å². The molecule has 0 bridgehead atoms. The third kappa shape index (κ3) is 5.01. The van der Waals surface area contributed by atoms with Gasteiger partial charge in [0, 0.05) is 30.5 Å². The van der Waals surface area contributed by atoms with Gasteiger partial charge in [0.2, 0.25) is 0 Å². The zero-order valence-corrected chi connectivity index (χ0v) is 19.2. The number of nitrogens with one attached hydrogen (secondary N) is 1. The number of hydrogen-bond donors (Lipinski definition) is 1. The monoisotopic (exact) mass is 451 g/mol. The van der Waals surface area contributed by atoms with Crippen LogP contribution >= 0.6 is 22.9 Å². The number of thiophene rings is 1. The van der Waals surface area contributed by atoms with Gasteiger partial charge in [-0.3, -0.25) is 0 Å². The zero-order valence-electron chi connectivity index (χ0n) is 17.6. The smallest absolute Gasteiger partial charge is 0.119 e. The SMILES string of the molecule is COCCOCCOc1ccc([C@@H]2C[C@]3(C[C@H](C)N2)OCCc2cc(Cl)sc23)cc1. The second-order valence-electron chi connectivity index (χ2n) is 8.05. The van der Waals surface area contributed by atoms with Gasteiger partial charge < -0.3 is 24.3 Å². The molecule has 1 spiro atoms. The molecule has 30 heavy (non-hydrogen) atoms. The molecule has 1 N–H and O–H groups in total. The summed E-state index contributed by atoms with van der Waals surface area (Å²) >= 11 is 8.04. The number of piperidine rings is 1. The zero-order chi connectivity index (χ0) is 21.0. The molecule has 0 unspecified atom stereocenters. The maximum atomic E-state index is 6.45. The highest BCUT2D eigenvalue weighted by atomic mass is 35.5. The van der Waals surface area contributed by atoms with Crippen molar-refractivity contribution in [2.45, 2.75) is 43.9 Å². The lowest BCUT2D eigenvalue weighted by atomic mass is 9.78. The van der Waals surface area contributed by atoms with Crippen LogP contribution in [0.25, 0.3) is 0 Å². The summed E-state index contributed by atoms with van der Waals surface area (Å²) in [5, 5.41) is 3.75. The summed E-state index contributed by atoms with van der Waals surface area (Å²) in [5.41, 5.74) is 2.37. The van der Waals surface area contributed by atoms with E-state index in [1.165, 1.54) is 16.0 Å². The minimum Gasteiger partial charge on any atom is -0.491 e. The van der Waals surface area contributed by atoms with E-state index in [4.69, 9.17) is 30.5 Å². The van der Waals surface area contributed by atoms with Gasteiger partial charge in [0.25, 0.3) is 0 Å². The van der Waals surface area contributed by atoms with Gasteiger partial charge in [-0.15, -0.1) is 11.3 Å². The molecule has 3 heterocycles. The summed E-state index contributed by atoms with van der Waals surface area (Å²) < 4.78 is 23.5. The van der Waals surface area contributed by atoms with Crippen LogP contribution in [0.2, 0.25) is 4.34 Å². The molecule has 0 radical (unpaired) electrons. The van der Waals surface area contributed by atoms with Gasteiger partial charge in [0.05, 0.1) is 30.8 Å². The molecule has 2 aromatic rings. The first-order chi connectivity index (χ1) is 14.6. The molecule has 1 saturated heterocycles. The Labute approximate surface area is 187 Å². The lowest BCUT2D eigenvalue weighted by molar-refractivity contribution is -0.0954. The molecule has 1 aromatic heterocycles. The summed E-state index contributed by atoms with van der Waals surface area (Å²) in [7, 11) is 1.67. The van der Waals surface area contributed by atoms with E-state index in [9.17, 15) is 0 Å². The summed E-state index contributed by atoms with van der Waals surface area (Å²) in [5.74, 6) is 0.855. The average Bonchev–Trinajstić information content (AvgIpc) is 3.13. The van der Waals surface area contributed by atoms with Crippen LogP contribution in [-0.4, -0.2) is 46.2 Å². The minimum absolute atomic E-state index is 0.229. The van der Waals surface area contributed by atoms with E-state index in [0.717, 1.165) is 36.0 Å². The highest BCUT2D eigenvalue weighted by Crippen LogP contribution is 2.50. The predicted octanol–water partition coefficient (Wildman–Crippen LogP) is 4.72. The number of methoxy groups -OCH3 is 1. The van der Waals surface area contributed by atoms with Crippen molar-refractivity contribution in [3.8, 4) is 5.75 Å². The van der Waals surface area contributed by atoms with Crippen LogP contribution in [0.5, 0.6) is 5.75 Å². The van der Waals surface area contributed by atoms with Crippen molar-refractivity contribution < 1.29 is 18.9 Å². The average molecular weight is 452 g/mol. The summed E-state index contributed by atoms with van der Waals surface area (Å²) in [6, 6.07) is 11.1. The van der Waals surface area contributed by atoms with Crippen LogP contribution in [0.3, 0.4) is 0 Å². The van der Waals surface area contributed by atoms with Crippen LogP contribution < -0.4 is 10.1 Å². The Bertz CT molecular complexity index is 827. The summed E-state index contributed by atoms with van der Waals surface area (Å²) in [4.78, 5) is 1.32. The van der Waals surface area contributed by atoms with E-state index in [1.54, 1.807) is 18.4 Å². The molecule has 0 aliphatic carbocycles. The Morgan fingerprint density at radius 2 is 1.97 bits per heavy atom. The fourth-order valence-electron chi connectivity index (χ4n) is 4.53. The van der Waals surface area contributed by atoms with Crippen LogP contribution in [0, 0.1) is 0 Å². The third-order valence-electron chi connectivity index (χ3n) is 5.81. The molecule has 2 aliphatic rings. The first kappa shape index (κ1) is 22.1. The molecule has 164 valence electrons. The molecular formula is C23H30ClNO4S. The van der Waals surface area contributed by atoms with Crippen molar-refractivity contribution in [2.24, 2.45) is 0 Å². The van der Waals surface area contributed by atoms with E-state index >= 15 is 0 Å². The largest absolute Gasteiger partial charge is 0.491 e. The van der Waals surface area contributed by atoms with Crippen molar-refractivity contribution >= 4 is 22.9 Å². The molecule has 1 aromatic carbocycles. The standard InChI is InChI=1S/C23H30ClNO4S/c1-16-14-23(22-18(7-8-29-23)13-21(24)30-22)15-20(25-16)17-3-5-19(6-4-17)28-12-11-27-10-9-26-2/h3-6,13,16,20,25H,7-12,14-15H2,1-2H3/t16-,20-,23-/m0/s1. The number of benzene rings is 1. The van der Waals surface area contributed by atoms with Crippen LogP contribution in [0.1, 0.15) is 41.8 Å². The normalized spacial score (nSPS) is 26.0. The number of ether oxygens (including phenoxy) is 4. The van der Waals surface area contributed by atoms with Crippen molar-refractivity contribution in [3.63, 3.8) is 0 Å². The van der Waals surface area contributed by atoms with Crippen molar-refractivity contribution in [1.29, 1.82) is 0 Å². The second kappa shape index (κ2) is 9.98. The Kier molecular flexibility index (Phi) is 7.34. The van der Waals surface area contributed by atoms with E-state index in [2.05, 4.69) is 30.4 Å². The molecule has 3 atom stereocenters. The molecule has 5 nitrogen and oxygen atoms in total.